The summed E-state index contributed by atoms with van der Waals surface area (Å²) >= 11 is 0. The molecule has 0 aliphatic heterocycles. The lowest BCUT2D eigenvalue weighted by atomic mass is 10.3. The average Bonchev–Trinajstić information content (AvgIpc) is 2.22. The molecule has 0 aromatic carbocycles. The van der Waals surface area contributed by atoms with Crippen LogP contribution < -0.4 is 10.1 Å². The lowest BCUT2D eigenvalue weighted by Gasteiger charge is -2.18. The van der Waals surface area contributed by atoms with Crippen molar-refractivity contribution in [1.82, 2.24) is 10.3 Å². The zero-order valence-electron chi connectivity index (χ0n) is 9.49. The Morgan fingerprint density at radius 3 is 2.93 bits per heavy atom. The van der Waals surface area contributed by atoms with Gasteiger partial charge >= 0.3 is 0 Å². The third kappa shape index (κ3) is 3.85. The predicted molar refractivity (Wildman–Crippen MR) is 59.2 cm³/mol. The minimum atomic E-state index is 0.0166. The number of pyridine rings is 1. The lowest BCUT2D eigenvalue weighted by Crippen LogP contribution is -2.33. The van der Waals surface area contributed by atoms with Crippen LogP contribution in [-0.2, 0) is 4.74 Å². The van der Waals surface area contributed by atoms with Crippen LogP contribution in [0, 0.1) is 6.92 Å². The summed E-state index contributed by atoms with van der Waals surface area (Å²) in [6.45, 7) is 3.25. The molecular formula is C11H18N2O2. The van der Waals surface area contributed by atoms with E-state index in [1.54, 1.807) is 13.3 Å². The van der Waals surface area contributed by atoms with E-state index in [4.69, 9.17) is 9.47 Å². The van der Waals surface area contributed by atoms with Gasteiger partial charge < -0.3 is 14.8 Å². The topological polar surface area (TPSA) is 43.4 Å². The van der Waals surface area contributed by atoms with Crippen LogP contribution in [0.4, 0.5) is 0 Å². The maximum absolute atomic E-state index is 5.78. The van der Waals surface area contributed by atoms with Gasteiger partial charge in [0, 0.05) is 19.9 Å². The van der Waals surface area contributed by atoms with Crippen LogP contribution in [0.2, 0.25) is 0 Å². The Bertz CT molecular complexity index is 286. The average molecular weight is 210 g/mol. The van der Waals surface area contributed by atoms with E-state index in [2.05, 4.69) is 10.3 Å². The van der Waals surface area contributed by atoms with Crippen molar-refractivity contribution < 1.29 is 9.47 Å². The molecule has 1 N–H and O–H groups in total. The van der Waals surface area contributed by atoms with E-state index in [1.807, 2.05) is 26.1 Å². The molecule has 0 saturated carbocycles. The summed E-state index contributed by atoms with van der Waals surface area (Å²) in [5.41, 5.74) is 0.898. The molecule has 4 heteroatoms. The number of aryl methyl sites for hydroxylation is 1. The minimum absolute atomic E-state index is 0.0166. The molecule has 84 valence electrons. The van der Waals surface area contributed by atoms with E-state index in [9.17, 15) is 0 Å². The molecule has 0 amide bonds. The number of hydrogen-bond donors (Lipinski definition) is 1. The van der Waals surface area contributed by atoms with Crippen LogP contribution in [0.3, 0.4) is 0 Å². The fraction of sp³-hybridized carbons (Fsp3) is 0.545. The van der Waals surface area contributed by atoms with E-state index in [-0.39, 0.29) is 6.10 Å². The van der Waals surface area contributed by atoms with Crippen LogP contribution in [0.25, 0.3) is 0 Å². The van der Waals surface area contributed by atoms with Gasteiger partial charge in [-0.3, -0.25) is 4.98 Å². The molecular weight excluding hydrogens is 192 g/mol. The highest BCUT2D eigenvalue weighted by atomic mass is 16.5. The maximum Gasteiger partial charge on any atom is 0.141 e. The summed E-state index contributed by atoms with van der Waals surface area (Å²) in [5, 5.41) is 3.07. The number of ether oxygens (including phenoxy) is 2. The van der Waals surface area contributed by atoms with E-state index >= 15 is 0 Å². The van der Waals surface area contributed by atoms with E-state index < -0.39 is 0 Å². The van der Waals surface area contributed by atoms with Gasteiger partial charge in [-0.25, -0.2) is 0 Å². The molecule has 1 unspecified atom stereocenters. The molecule has 15 heavy (non-hydrogen) atoms. The van der Waals surface area contributed by atoms with Crippen molar-refractivity contribution >= 4 is 0 Å². The molecule has 0 bridgehead atoms. The highest BCUT2D eigenvalue weighted by Crippen LogP contribution is 2.15. The fourth-order valence-corrected chi connectivity index (χ4v) is 1.32. The third-order valence-corrected chi connectivity index (χ3v) is 2.04. The Kier molecular flexibility index (Phi) is 5.07. The first-order chi connectivity index (χ1) is 7.27. The molecule has 0 aliphatic rings. The monoisotopic (exact) mass is 210 g/mol. The Labute approximate surface area is 90.6 Å². The predicted octanol–water partition coefficient (Wildman–Crippen LogP) is 1.00. The van der Waals surface area contributed by atoms with Gasteiger partial charge in [-0.1, -0.05) is 0 Å². The molecule has 1 heterocycles. The van der Waals surface area contributed by atoms with Gasteiger partial charge in [0.1, 0.15) is 11.9 Å². The molecule has 0 fully saturated rings. The van der Waals surface area contributed by atoms with Gasteiger partial charge in [0.05, 0.1) is 12.3 Å². The Balaban J connectivity index is 2.60. The van der Waals surface area contributed by atoms with Crippen molar-refractivity contribution in [3.8, 4) is 5.75 Å². The van der Waals surface area contributed by atoms with Gasteiger partial charge in [-0.05, 0) is 26.1 Å². The van der Waals surface area contributed by atoms with Crippen LogP contribution in [0.1, 0.15) is 5.69 Å². The molecule has 1 aromatic rings. The molecule has 1 rings (SSSR count). The van der Waals surface area contributed by atoms with Crippen molar-refractivity contribution in [2.45, 2.75) is 13.0 Å². The molecule has 4 nitrogen and oxygen atoms in total. The second-order valence-electron chi connectivity index (χ2n) is 3.34. The summed E-state index contributed by atoms with van der Waals surface area (Å²) in [5.74, 6) is 0.815. The SMILES string of the molecule is CNCC(COC)Oc1cccnc1C. The second-order valence-corrected chi connectivity index (χ2v) is 3.34. The number of hydrogen-bond acceptors (Lipinski definition) is 4. The maximum atomic E-state index is 5.78. The molecule has 1 aromatic heterocycles. The number of rotatable bonds is 6. The summed E-state index contributed by atoms with van der Waals surface area (Å²) in [7, 11) is 3.56. The van der Waals surface area contributed by atoms with Gasteiger partial charge in [0.2, 0.25) is 0 Å². The number of methoxy groups -OCH3 is 1. The summed E-state index contributed by atoms with van der Waals surface area (Å²) in [4.78, 5) is 4.17. The molecule has 1 atom stereocenters. The standard InChI is InChI=1S/C11H18N2O2/c1-9-11(5-4-6-13-9)15-10(7-12-2)8-14-3/h4-6,10,12H,7-8H2,1-3H3. The molecule has 0 aliphatic carbocycles. The van der Waals surface area contributed by atoms with Crippen molar-refractivity contribution in [3.63, 3.8) is 0 Å². The Morgan fingerprint density at radius 2 is 2.33 bits per heavy atom. The first-order valence-corrected chi connectivity index (χ1v) is 4.99. The summed E-state index contributed by atoms with van der Waals surface area (Å²) < 4.78 is 10.9. The van der Waals surface area contributed by atoms with Gasteiger partial charge in [-0.2, -0.15) is 0 Å². The highest BCUT2D eigenvalue weighted by Gasteiger charge is 2.10. The Hall–Kier alpha value is -1.13. The fourth-order valence-electron chi connectivity index (χ4n) is 1.32. The zero-order valence-corrected chi connectivity index (χ0v) is 9.49. The van der Waals surface area contributed by atoms with Gasteiger partial charge in [0.15, 0.2) is 0 Å². The van der Waals surface area contributed by atoms with Crippen molar-refractivity contribution in [2.75, 3.05) is 27.3 Å². The first kappa shape index (κ1) is 11.9. The van der Waals surface area contributed by atoms with Crippen molar-refractivity contribution in [1.29, 1.82) is 0 Å². The summed E-state index contributed by atoms with van der Waals surface area (Å²) in [6, 6.07) is 3.78. The molecule has 0 saturated heterocycles. The number of likely N-dealkylation sites (N-methyl/N-ethyl adjacent to an activating group) is 1. The van der Waals surface area contributed by atoms with E-state index in [1.165, 1.54) is 0 Å². The van der Waals surface area contributed by atoms with Crippen LogP contribution in [-0.4, -0.2) is 38.4 Å². The smallest absolute Gasteiger partial charge is 0.141 e. The van der Waals surface area contributed by atoms with Crippen LogP contribution in [0.15, 0.2) is 18.3 Å². The van der Waals surface area contributed by atoms with Crippen LogP contribution >= 0.6 is 0 Å². The molecule has 0 radical (unpaired) electrons. The zero-order chi connectivity index (χ0) is 11.1. The van der Waals surface area contributed by atoms with Crippen molar-refractivity contribution in [2.24, 2.45) is 0 Å². The normalized spacial score (nSPS) is 12.5. The lowest BCUT2D eigenvalue weighted by molar-refractivity contribution is 0.0811. The second kappa shape index (κ2) is 6.37. The third-order valence-electron chi connectivity index (χ3n) is 2.04. The van der Waals surface area contributed by atoms with Crippen LogP contribution in [0.5, 0.6) is 5.75 Å². The highest BCUT2D eigenvalue weighted by molar-refractivity contribution is 5.25. The van der Waals surface area contributed by atoms with Gasteiger partial charge in [0.25, 0.3) is 0 Å². The molecule has 0 spiro atoms. The quantitative estimate of drug-likeness (QED) is 0.761. The van der Waals surface area contributed by atoms with E-state index in [0.717, 1.165) is 18.0 Å². The largest absolute Gasteiger partial charge is 0.485 e. The number of nitrogens with one attached hydrogen (secondary N) is 1. The van der Waals surface area contributed by atoms with Crippen molar-refractivity contribution in [3.05, 3.63) is 24.0 Å². The summed E-state index contributed by atoms with van der Waals surface area (Å²) in [6.07, 6.45) is 1.77. The minimum Gasteiger partial charge on any atom is -0.485 e. The number of aromatic nitrogens is 1. The number of nitrogens with zero attached hydrogens (tertiary/aromatic N) is 1. The van der Waals surface area contributed by atoms with Gasteiger partial charge in [-0.15, -0.1) is 0 Å². The first-order valence-electron chi connectivity index (χ1n) is 4.99. The Morgan fingerprint density at radius 1 is 1.53 bits per heavy atom. The van der Waals surface area contributed by atoms with E-state index in [0.29, 0.717) is 6.61 Å².